The van der Waals surface area contributed by atoms with Crippen LogP contribution in [0.4, 0.5) is 4.79 Å². The van der Waals surface area contributed by atoms with Crippen molar-refractivity contribution >= 4 is 17.9 Å². The first-order valence-electron chi connectivity index (χ1n) is 20.6. The molecular formula is C43H53N7O7. The smallest absolute Gasteiger partial charge is 0.407 e. The Morgan fingerprint density at radius 2 is 1.49 bits per heavy atom. The summed E-state index contributed by atoms with van der Waals surface area (Å²) in [4.78, 5) is 59.9. The van der Waals surface area contributed by atoms with Crippen LogP contribution in [0.25, 0.3) is 33.6 Å². The molecule has 4 bridgehead atoms. The molecule has 4 aliphatic rings. The number of hydrogen-bond acceptors (Lipinski definition) is 9. The second-order valence-electron chi connectivity index (χ2n) is 15.6. The lowest BCUT2D eigenvalue weighted by Gasteiger charge is -2.28. The molecule has 57 heavy (non-hydrogen) atoms. The topological polar surface area (TPSA) is 164 Å². The van der Waals surface area contributed by atoms with Crippen LogP contribution in [0, 0.1) is 5.92 Å². The number of carbonyl (C=O) groups excluding carboxylic acids is 3. The van der Waals surface area contributed by atoms with Crippen LogP contribution in [-0.2, 0) is 19.1 Å². The van der Waals surface area contributed by atoms with Crippen LogP contribution in [0.3, 0.4) is 0 Å². The van der Waals surface area contributed by atoms with E-state index in [1.54, 1.807) is 4.90 Å². The number of H-pyrrole nitrogens is 2. The van der Waals surface area contributed by atoms with Crippen molar-refractivity contribution in [2.24, 2.45) is 5.92 Å². The van der Waals surface area contributed by atoms with Gasteiger partial charge in [-0.1, -0.05) is 50.1 Å². The van der Waals surface area contributed by atoms with Gasteiger partial charge in [-0.25, -0.2) is 14.8 Å². The maximum atomic E-state index is 13.7. The molecule has 14 heteroatoms. The van der Waals surface area contributed by atoms with Gasteiger partial charge in [0.15, 0.2) is 0 Å². The maximum Gasteiger partial charge on any atom is 0.407 e. The van der Waals surface area contributed by atoms with Crippen molar-refractivity contribution in [3.05, 3.63) is 60.3 Å². The fourth-order valence-corrected chi connectivity index (χ4v) is 8.54. The van der Waals surface area contributed by atoms with E-state index in [1.165, 1.54) is 7.11 Å². The first-order chi connectivity index (χ1) is 27.9. The summed E-state index contributed by atoms with van der Waals surface area (Å²) in [6.07, 6.45) is 9.89. The highest BCUT2D eigenvalue weighted by Gasteiger charge is 2.37. The Morgan fingerprint density at radius 3 is 2.30 bits per heavy atom. The molecule has 302 valence electrons. The summed E-state index contributed by atoms with van der Waals surface area (Å²) in [5.41, 5.74) is 5.29. The van der Waals surface area contributed by atoms with Crippen molar-refractivity contribution < 1.29 is 33.3 Å². The summed E-state index contributed by atoms with van der Waals surface area (Å²) >= 11 is 0. The zero-order valence-electron chi connectivity index (χ0n) is 32.9. The molecule has 4 aliphatic heterocycles. The van der Waals surface area contributed by atoms with Crippen LogP contribution in [0.15, 0.2) is 48.7 Å². The molecule has 2 fully saturated rings. The van der Waals surface area contributed by atoms with E-state index >= 15 is 0 Å². The molecule has 3 N–H and O–H groups in total. The second kappa shape index (κ2) is 17.4. The predicted octanol–water partition coefficient (Wildman–Crippen LogP) is 6.96. The number of carbonyl (C=O) groups is 3. The lowest BCUT2D eigenvalue weighted by atomic mass is 10.00. The van der Waals surface area contributed by atoms with Gasteiger partial charge in [-0.2, -0.15) is 0 Å². The van der Waals surface area contributed by atoms with Crippen molar-refractivity contribution in [2.45, 2.75) is 89.3 Å². The summed E-state index contributed by atoms with van der Waals surface area (Å²) in [7, 11) is 1.28. The number of hydrogen-bond donors (Lipinski definition) is 3. The van der Waals surface area contributed by atoms with Gasteiger partial charge in [-0.15, -0.1) is 0 Å². The number of aromatic amines is 2. The minimum absolute atomic E-state index is 0.00634. The third kappa shape index (κ3) is 8.37. The highest BCUT2D eigenvalue weighted by Crippen LogP contribution is 2.40. The molecule has 2 aromatic heterocycles. The Kier molecular flexibility index (Phi) is 11.8. The van der Waals surface area contributed by atoms with E-state index in [2.05, 4.69) is 58.6 Å². The molecule has 3 amide bonds. The Morgan fingerprint density at radius 1 is 0.789 bits per heavy atom. The van der Waals surface area contributed by atoms with Crippen LogP contribution in [0.1, 0.15) is 94.9 Å². The van der Waals surface area contributed by atoms with Crippen molar-refractivity contribution in [3.8, 4) is 45.3 Å². The van der Waals surface area contributed by atoms with Crippen LogP contribution in [-0.4, -0.2) is 100 Å². The zero-order valence-corrected chi connectivity index (χ0v) is 32.9. The number of rotatable bonds is 3. The maximum absolute atomic E-state index is 13.7. The van der Waals surface area contributed by atoms with Gasteiger partial charge in [0.25, 0.3) is 0 Å². The van der Waals surface area contributed by atoms with Gasteiger partial charge >= 0.3 is 6.09 Å². The van der Waals surface area contributed by atoms with E-state index in [0.717, 1.165) is 110 Å². The van der Waals surface area contributed by atoms with E-state index < -0.39 is 12.1 Å². The molecule has 4 atom stereocenters. The molecule has 0 aliphatic carbocycles. The summed E-state index contributed by atoms with van der Waals surface area (Å²) < 4.78 is 23.5. The van der Waals surface area contributed by atoms with E-state index in [-0.39, 0.29) is 36.4 Å². The van der Waals surface area contributed by atoms with Crippen LogP contribution < -0.4 is 14.8 Å². The van der Waals surface area contributed by atoms with Crippen molar-refractivity contribution in [1.82, 2.24) is 35.1 Å². The largest absolute Gasteiger partial charge is 0.493 e. The number of benzene rings is 2. The van der Waals surface area contributed by atoms with Gasteiger partial charge in [0, 0.05) is 42.9 Å². The summed E-state index contributed by atoms with van der Waals surface area (Å²) in [6, 6.07) is 13.3. The molecule has 0 spiro atoms. The van der Waals surface area contributed by atoms with Crippen molar-refractivity contribution in [2.75, 3.05) is 46.6 Å². The molecule has 14 nitrogen and oxygen atoms in total. The van der Waals surface area contributed by atoms with Crippen LogP contribution >= 0.6 is 0 Å². The standard InChI is InChI=1S/C43H53N7O7/c1-27-10-4-3-5-23-57-40-37(47-39(48-40)35-12-9-19-49(35)41(27)51)29-15-13-28(14-16-29)30-17-18-31-32-25-44-38(45-32)34-11-8-20-50(34)42(52)33(46-43(53)54-2)26-55-21-6-7-22-56-36(31)24-30/h13-18,24-25,27,33-35H,3-12,19-23,26H2,1-2H3,(H,44,45)(H,46,53)(H,47,48)/t27-,33-,34-,35-/m0/s1. The Bertz CT molecular complexity index is 2040. The summed E-state index contributed by atoms with van der Waals surface area (Å²) in [5, 5.41) is 2.65. The number of nitrogens with one attached hydrogen (secondary N) is 3. The number of alkyl carbamates (subject to hydrolysis) is 1. The van der Waals surface area contributed by atoms with E-state index in [0.29, 0.717) is 44.5 Å². The predicted molar refractivity (Wildman–Crippen MR) is 212 cm³/mol. The number of fused-ring (bicyclic) bond motifs is 10. The van der Waals surface area contributed by atoms with Crippen LogP contribution in [0.5, 0.6) is 11.6 Å². The number of ether oxygens (including phenoxy) is 4. The lowest BCUT2D eigenvalue weighted by Crippen LogP contribution is -2.50. The second-order valence-corrected chi connectivity index (χ2v) is 15.6. The third-order valence-electron chi connectivity index (χ3n) is 11.7. The average molecular weight is 780 g/mol. The lowest BCUT2D eigenvalue weighted by molar-refractivity contribution is -0.137. The number of aromatic nitrogens is 4. The highest BCUT2D eigenvalue weighted by molar-refractivity contribution is 5.86. The SMILES string of the molecule is COC(=O)N[C@H]1COCCCCOc2cc(-c3ccc(-c4nc5[nH]c4OCCCCC[C@H](C)C(=O)N4CCC[C@@H]54)cc3)ccc2-c2c[nH]c(n2)[C@@H]2CCCN2C1=O. The molecule has 8 rings (SSSR count). The van der Waals surface area contributed by atoms with Crippen molar-refractivity contribution in [1.29, 1.82) is 0 Å². The minimum atomic E-state index is -0.866. The zero-order chi connectivity index (χ0) is 39.3. The summed E-state index contributed by atoms with van der Waals surface area (Å²) in [6.45, 7) is 4.88. The molecule has 2 aromatic carbocycles. The van der Waals surface area contributed by atoms with E-state index in [1.807, 2.05) is 17.2 Å². The van der Waals surface area contributed by atoms with E-state index in [9.17, 15) is 14.4 Å². The van der Waals surface area contributed by atoms with Crippen LogP contribution in [0.2, 0.25) is 0 Å². The highest BCUT2D eigenvalue weighted by atomic mass is 16.5. The fraction of sp³-hybridized carbons (Fsp3) is 0.512. The molecular weight excluding hydrogens is 727 g/mol. The number of imidazole rings is 2. The van der Waals surface area contributed by atoms with Gasteiger partial charge in [0.2, 0.25) is 17.7 Å². The number of methoxy groups -OCH3 is 1. The fourth-order valence-electron chi connectivity index (χ4n) is 8.54. The molecule has 6 heterocycles. The Hall–Kier alpha value is -5.37. The van der Waals surface area contributed by atoms with Gasteiger partial charge in [0.05, 0.1) is 44.7 Å². The molecule has 0 unspecified atom stereocenters. The average Bonchev–Trinajstić information content (AvgIpc) is 4.07. The Balaban J connectivity index is 1.06. The molecule has 0 radical (unpaired) electrons. The third-order valence-corrected chi connectivity index (χ3v) is 11.7. The monoisotopic (exact) mass is 779 g/mol. The summed E-state index contributed by atoms with van der Waals surface area (Å²) in [5.74, 6) is 2.85. The molecule has 2 saturated heterocycles. The quantitative estimate of drug-likeness (QED) is 0.199. The minimum Gasteiger partial charge on any atom is -0.493 e. The van der Waals surface area contributed by atoms with Gasteiger partial charge in [0.1, 0.15) is 29.1 Å². The van der Waals surface area contributed by atoms with Crippen molar-refractivity contribution in [3.63, 3.8) is 0 Å². The molecule has 0 saturated carbocycles. The first-order valence-corrected chi connectivity index (χ1v) is 20.6. The molecule has 4 aromatic rings. The van der Waals surface area contributed by atoms with Gasteiger partial charge in [-0.3, -0.25) is 9.59 Å². The van der Waals surface area contributed by atoms with Gasteiger partial charge < -0.3 is 44.0 Å². The number of nitrogens with zero attached hydrogens (tertiary/aromatic N) is 4. The van der Waals surface area contributed by atoms with E-state index in [4.69, 9.17) is 28.9 Å². The number of amides is 3. The van der Waals surface area contributed by atoms with Gasteiger partial charge in [-0.05, 0) is 74.6 Å². The normalized spacial score (nSPS) is 23.5. The Labute approximate surface area is 333 Å². The first kappa shape index (κ1) is 38.5.